The predicted octanol–water partition coefficient (Wildman–Crippen LogP) is 9.79. The molecule has 0 radical (unpaired) electrons. The third-order valence-electron chi connectivity index (χ3n) is 20.1. The second-order valence-corrected chi connectivity index (χ2v) is 28.0. The molecule has 8 aliphatic rings. The van der Waals surface area contributed by atoms with E-state index in [-0.39, 0.29) is 89.7 Å². The van der Waals surface area contributed by atoms with Crippen molar-refractivity contribution in [3.05, 3.63) is 24.8 Å². The summed E-state index contributed by atoms with van der Waals surface area (Å²) in [7, 11) is -6.41. The van der Waals surface area contributed by atoms with E-state index < -0.39 is 43.7 Å². The third kappa shape index (κ3) is 10.5. The first-order chi connectivity index (χ1) is 32.3. The molecule has 2 aromatic rings. The number of sulfone groups is 2. The molecule has 2 aromatic heterocycles. The largest absolute Gasteiger partial charge is 0.384 e. The molecule has 10 rings (SSSR count). The number of fused-ring (bicyclic) bond motifs is 10. The van der Waals surface area contributed by atoms with Crippen molar-refractivity contribution >= 4 is 47.2 Å². The van der Waals surface area contributed by atoms with E-state index in [0.29, 0.717) is 64.9 Å². The van der Waals surface area contributed by atoms with Gasteiger partial charge in [-0.25, -0.2) is 34.4 Å². The number of H-pyrrole nitrogens is 1. The van der Waals surface area contributed by atoms with Crippen LogP contribution in [0.2, 0.25) is 0 Å². The molecule has 19 heteroatoms. The topological polar surface area (TPSA) is 189 Å². The molecule has 8 aliphatic carbocycles. The van der Waals surface area contributed by atoms with Gasteiger partial charge in [-0.05, 0) is 186 Å². The number of aromatic nitrogens is 4. The number of hydrogen-bond acceptors (Lipinski definition) is 10. The maximum absolute atomic E-state index is 13.4. The minimum atomic E-state index is -3.36. The summed E-state index contributed by atoms with van der Waals surface area (Å²) in [6.07, 6.45) is 16.9. The first kappa shape index (κ1) is 55.5. The molecule has 0 unspecified atom stereocenters. The molecule has 0 aromatic carbocycles. The number of aliphatic hydroxyl groups is 2. The van der Waals surface area contributed by atoms with E-state index >= 15 is 0 Å². The van der Waals surface area contributed by atoms with Gasteiger partial charge in [-0.15, -0.1) is 0 Å². The first-order valence-corrected chi connectivity index (χ1v) is 30.3. The molecule has 16 atom stereocenters. The molecule has 0 amide bonds. The van der Waals surface area contributed by atoms with Gasteiger partial charge in [-0.3, -0.25) is 19.4 Å². The van der Waals surface area contributed by atoms with Gasteiger partial charge in [0.25, 0.3) is 12.9 Å². The number of carbonyl (C=O) groups excluding carboxylic acids is 2. The van der Waals surface area contributed by atoms with Crippen LogP contribution in [-0.4, -0.2) is 100 Å². The van der Waals surface area contributed by atoms with E-state index in [4.69, 9.17) is 0 Å². The summed E-state index contributed by atoms with van der Waals surface area (Å²) >= 11 is 3.37. The summed E-state index contributed by atoms with van der Waals surface area (Å²) in [5.74, 6) is 5.36. The van der Waals surface area contributed by atoms with Gasteiger partial charge >= 0.3 is 0 Å². The van der Waals surface area contributed by atoms with Crippen molar-refractivity contribution < 1.29 is 54.2 Å². The lowest BCUT2D eigenvalue weighted by Crippen LogP contribution is -2.53. The average Bonchev–Trinajstić information content (AvgIpc) is 4.12. The van der Waals surface area contributed by atoms with Crippen LogP contribution in [0.1, 0.15) is 137 Å². The van der Waals surface area contributed by atoms with Gasteiger partial charge in [0.2, 0.25) is 0 Å². The van der Waals surface area contributed by atoms with Crippen LogP contribution in [0.25, 0.3) is 0 Å². The number of aromatic amines is 1. The summed E-state index contributed by atoms with van der Waals surface area (Å²) < 4.78 is 99.7. The van der Waals surface area contributed by atoms with Crippen molar-refractivity contribution in [3.63, 3.8) is 0 Å². The summed E-state index contributed by atoms with van der Waals surface area (Å²) in [4.78, 5) is 26.1. The van der Waals surface area contributed by atoms with Crippen molar-refractivity contribution in [2.45, 2.75) is 177 Å². The normalized spacial score (nSPS) is 40.9. The van der Waals surface area contributed by atoms with E-state index in [1.165, 1.54) is 29.5 Å². The minimum Gasteiger partial charge on any atom is -0.384 e. The highest BCUT2D eigenvalue weighted by Crippen LogP contribution is 2.67. The minimum absolute atomic E-state index is 0. The Kier molecular flexibility index (Phi) is 16.5. The number of nitrogens with zero attached hydrogens (tertiary/aromatic N) is 3. The highest BCUT2D eigenvalue weighted by Gasteiger charge is 2.61. The monoisotopic (exact) mass is 1090 g/mol. The number of hydrogen-bond donors (Lipinski definition) is 3. The highest BCUT2D eigenvalue weighted by molar-refractivity contribution is 9.09. The maximum Gasteiger partial charge on any atom is 0.266 e. The molecular weight excluding hydrogens is 1020 g/mol. The van der Waals surface area contributed by atoms with Crippen molar-refractivity contribution in [2.75, 3.05) is 17.8 Å². The summed E-state index contributed by atoms with van der Waals surface area (Å²) in [5, 5.41) is 31.2. The van der Waals surface area contributed by atoms with Gasteiger partial charge in [0.1, 0.15) is 26.8 Å². The predicted molar refractivity (Wildman–Crippen MR) is 261 cm³/mol. The number of halogens is 5. The molecule has 8 saturated carbocycles. The first-order valence-electron chi connectivity index (χ1n) is 25.4. The Bertz CT molecular complexity index is 2390. The summed E-state index contributed by atoms with van der Waals surface area (Å²) in [6.45, 7) is 4.69. The second-order valence-electron chi connectivity index (χ2n) is 23.4. The van der Waals surface area contributed by atoms with Crippen LogP contribution in [0.5, 0.6) is 0 Å². The summed E-state index contributed by atoms with van der Waals surface area (Å²) in [5.41, 5.74) is -3.50. The van der Waals surface area contributed by atoms with Crippen molar-refractivity contribution in [2.24, 2.45) is 81.8 Å². The quantitative estimate of drug-likeness (QED) is 0.161. The Balaban J connectivity index is 0.000000177. The standard InChI is InChI=1S/C25H36F2N2O4S.C21H31BrF2O2.C4H6N2O2S.CH4/c1-24-9-7-18-17-8-10-25(31,23(26)27)11-15(17)3-4-19(18)20(24)5-6-21(24)22(30)14-29-13-16(12-28-29)34(2,32)33;1-20-8-6-14-13-7-9-21(26,19(23)24)10-12(13)2-3-15(14)16(20)4-5-17(20)18(25)11-22;1-9(7,8)4-2-5-6-3-4;/h12-13,15,17-21,23,31H,3-11,14H2,1-2H3;12-17,19,26H,2-11H2,1H3;2-3H,1H3,(H,5,6);1H4/t15-,17+,18-,19-,20+,21-,24+,25-;12-,13+,14-,15-,16+,17-,20+,21-;;/m11../s1. The van der Waals surface area contributed by atoms with Gasteiger partial charge in [-0.2, -0.15) is 10.2 Å². The summed E-state index contributed by atoms with van der Waals surface area (Å²) in [6, 6.07) is 0. The van der Waals surface area contributed by atoms with Gasteiger partial charge in [0.05, 0.1) is 24.3 Å². The highest BCUT2D eigenvalue weighted by atomic mass is 79.9. The smallest absolute Gasteiger partial charge is 0.266 e. The number of ketones is 2. The van der Waals surface area contributed by atoms with Crippen molar-refractivity contribution in [1.29, 1.82) is 0 Å². The molecule has 8 fully saturated rings. The Morgan fingerprint density at radius 2 is 1.13 bits per heavy atom. The molecule has 0 aliphatic heterocycles. The fourth-order valence-electron chi connectivity index (χ4n) is 16.7. The molecule has 3 N–H and O–H groups in total. The van der Waals surface area contributed by atoms with Gasteiger partial charge in [0, 0.05) is 36.7 Å². The molecular formula is C51H77BrF4N4O8S2. The van der Waals surface area contributed by atoms with Crippen molar-refractivity contribution in [3.8, 4) is 0 Å². The molecule has 2 heterocycles. The Morgan fingerprint density at radius 1 is 0.671 bits per heavy atom. The molecule has 396 valence electrons. The van der Waals surface area contributed by atoms with E-state index in [2.05, 4.69) is 45.1 Å². The van der Waals surface area contributed by atoms with Crippen LogP contribution in [0.15, 0.2) is 34.6 Å². The zero-order chi connectivity index (χ0) is 50.1. The zero-order valence-electron chi connectivity index (χ0n) is 40.4. The number of carbonyl (C=O) groups is 2. The number of alkyl halides is 5. The fraction of sp³-hybridized carbons (Fsp3) is 0.843. The van der Waals surface area contributed by atoms with Gasteiger partial charge in [-0.1, -0.05) is 37.2 Å². The SMILES string of the molecule is C.CS(=O)(=O)c1cn[nH]c1.C[C@]12CC[C@H]3[C@@H](CC[C@@H]4C[C@@](O)(C(F)F)CC[C@@H]43)[C@@H]1CC[C@@H]2C(=O)CBr.C[C@]12CC[C@H]3[C@@H](CC[C@@H]4C[C@@](O)(C(F)F)CC[C@@H]43)[C@@H]1CC[C@@H]2C(=O)Cn1cc(S(C)(=O)=O)cn1. The Hall–Kier alpha value is -2.22. The van der Waals surface area contributed by atoms with Crippen LogP contribution < -0.4 is 0 Å². The lowest BCUT2D eigenvalue weighted by atomic mass is 9.49. The molecule has 0 bridgehead atoms. The van der Waals surface area contributed by atoms with Crippen LogP contribution in [0, 0.1) is 81.8 Å². The molecule has 12 nitrogen and oxygen atoms in total. The van der Waals surface area contributed by atoms with Crippen LogP contribution in [-0.2, 0) is 35.8 Å². The third-order valence-corrected chi connectivity index (χ3v) is 22.8. The lowest BCUT2D eigenvalue weighted by molar-refractivity contribution is -0.160. The van der Waals surface area contributed by atoms with E-state index in [9.17, 15) is 54.2 Å². The van der Waals surface area contributed by atoms with E-state index in [0.717, 1.165) is 96.0 Å². The number of Topliss-reactive ketones (excluding diaryl/α,β-unsaturated/α-hetero) is 2. The lowest BCUT2D eigenvalue weighted by Gasteiger charge is -2.57. The Labute approximate surface area is 421 Å². The molecule has 0 saturated heterocycles. The zero-order valence-corrected chi connectivity index (χ0v) is 43.6. The van der Waals surface area contributed by atoms with E-state index in [1.807, 2.05) is 0 Å². The fourth-order valence-corrected chi connectivity index (χ4v) is 18.2. The average molecular weight is 1090 g/mol. The number of rotatable bonds is 9. The maximum atomic E-state index is 13.4. The molecule has 0 spiro atoms. The van der Waals surface area contributed by atoms with Gasteiger partial charge < -0.3 is 10.2 Å². The van der Waals surface area contributed by atoms with Gasteiger partial charge in [0.15, 0.2) is 25.5 Å². The number of nitrogens with one attached hydrogen (secondary N) is 1. The van der Waals surface area contributed by atoms with Crippen LogP contribution >= 0.6 is 15.9 Å². The van der Waals surface area contributed by atoms with Crippen molar-refractivity contribution in [1.82, 2.24) is 20.0 Å². The van der Waals surface area contributed by atoms with E-state index in [1.54, 1.807) is 0 Å². The second kappa shape index (κ2) is 20.8. The Morgan fingerprint density at radius 3 is 1.51 bits per heavy atom. The van der Waals surface area contributed by atoms with Crippen LogP contribution in [0.3, 0.4) is 0 Å². The molecule has 70 heavy (non-hydrogen) atoms. The van der Waals surface area contributed by atoms with Crippen LogP contribution in [0.4, 0.5) is 17.6 Å².